The van der Waals surface area contributed by atoms with Crippen molar-refractivity contribution in [3.63, 3.8) is 0 Å². The Bertz CT molecular complexity index is 585. The van der Waals surface area contributed by atoms with Crippen molar-refractivity contribution < 1.29 is 14.3 Å². The molecular weight excluding hydrogens is 318 g/mol. The number of rotatable bonds is 6. The third kappa shape index (κ3) is 5.05. The van der Waals surface area contributed by atoms with E-state index in [0.29, 0.717) is 19.6 Å². The molecule has 1 N–H and O–H groups in total. The summed E-state index contributed by atoms with van der Waals surface area (Å²) < 4.78 is 13.3. The van der Waals surface area contributed by atoms with Crippen LogP contribution >= 0.6 is 0 Å². The van der Waals surface area contributed by atoms with E-state index in [-0.39, 0.29) is 23.5 Å². The van der Waals surface area contributed by atoms with E-state index in [1.165, 1.54) is 0 Å². The predicted molar refractivity (Wildman–Crippen MR) is 95.6 cm³/mol. The minimum absolute atomic E-state index is 0.0590. The highest BCUT2D eigenvalue weighted by atomic mass is 16.5. The number of amides is 1. The lowest BCUT2D eigenvalue weighted by Gasteiger charge is -2.24. The summed E-state index contributed by atoms with van der Waals surface area (Å²) in [5, 5.41) is 3.14. The zero-order valence-electron chi connectivity index (χ0n) is 15.7. The van der Waals surface area contributed by atoms with Crippen molar-refractivity contribution in [2.45, 2.75) is 77.0 Å². The number of nitrogens with one attached hydrogen (secondary N) is 1. The number of carbonyl (C=O) groups excluding carboxylic acids is 1. The standard InChI is InChI=1S/C19H31N3O3/c1-19(2,3)16-12-22-11-14(6-7-17(22)21-16)20-18(23)8-10-24-13-15-5-4-9-25-15/h12,14-15H,4-11,13H2,1-3H3,(H,20,23)/t14-,15-/m1/s1. The number of hydrogen-bond donors (Lipinski definition) is 1. The average Bonchev–Trinajstić information content (AvgIpc) is 3.20. The number of aromatic nitrogens is 2. The maximum atomic E-state index is 12.1. The molecular formula is C19H31N3O3. The monoisotopic (exact) mass is 349 g/mol. The van der Waals surface area contributed by atoms with Gasteiger partial charge in [-0.25, -0.2) is 4.98 Å². The van der Waals surface area contributed by atoms with Crippen molar-refractivity contribution in [2.24, 2.45) is 0 Å². The van der Waals surface area contributed by atoms with E-state index in [2.05, 4.69) is 36.9 Å². The minimum Gasteiger partial charge on any atom is -0.378 e. The third-order valence-electron chi connectivity index (χ3n) is 4.93. The molecule has 1 fully saturated rings. The number of carbonyl (C=O) groups is 1. The molecule has 0 saturated carbocycles. The lowest BCUT2D eigenvalue weighted by atomic mass is 9.93. The Morgan fingerprint density at radius 2 is 2.28 bits per heavy atom. The van der Waals surface area contributed by atoms with Crippen LogP contribution in [0.25, 0.3) is 0 Å². The molecule has 1 saturated heterocycles. The van der Waals surface area contributed by atoms with Gasteiger partial charge in [-0.15, -0.1) is 0 Å². The van der Waals surface area contributed by atoms with Crippen LogP contribution in [0.15, 0.2) is 6.20 Å². The summed E-state index contributed by atoms with van der Waals surface area (Å²) in [7, 11) is 0. The molecule has 6 heteroatoms. The second kappa shape index (κ2) is 7.87. The summed E-state index contributed by atoms with van der Waals surface area (Å²) in [6, 6.07) is 0.181. The molecule has 2 aliphatic rings. The Labute approximate surface area is 150 Å². The van der Waals surface area contributed by atoms with Gasteiger partial charge in [0.2, 0.25) is 5.91 Å². The minimum atomic E-state index is 0.0590. The van der Waals surface area contributed by atoms with Crippen molar-refractivity contribution in [3.8, 4) is 0 Å². The molecule has 6 nitrogen and oxygen atoms in total. The van der Waals surface area contributed by atoms with E-state index in [1.807, 2.05) is 0 Å². The molecule has 1 aromatic heterocycles. The first-order valence-electron chi connectivity index (χ1n) is 9.47. The van der Waals surface area contributed by atoms with Crippen LogP contribution in [0.2, 0.25) is 0 Å². The molecule has 0 radical (unpaired) electrons. The predicted octanol–water partition coefficient (Wildman–Crippen LogP) is 2.20. The van der Waals surface area contributed by atoms with E-state index in [9.17, 15) is 4.79 Å². The van der Waals surface area contributed by atoms with Crippen LogP contribution < -0.4 is 5.32 Å². The summed E-state index contributed by atoms with van der Waals surface area (Å²) in [6.45, 7) is 9.24. The number of imidazole rings is 1. The number of fused-ring (bicyclic) bond motifs is 1. The average molecular weight is 349 g/mol. The smallest absolute Gasteiger partial charge is 0.222 e. The molecule has 0 unspecified atom stereocenters. The zero-order valence-corrected chi connectivity index (χ0v) is 15.7. The van der Waals surface area contributed by atoms with Crippen molar-refractivity contribution in [1.82, 2.24) is 14.9 Å². The highest BCUT2D eigenvalue weighted by Gasteiger charge is 2.25. The van der Waals surface area contributed by atoms with Crippen molar-refractivity contribution in [2.75, 3.05) is 19.8 Å². The molecule has 0 bridgehead atoms. The Kier molecular flexibility index (Phi) is 5.79. The Morgan fingerprint density at radius 1 is 1.44 bits per heavy atom. The number of nitrogens with zero attached hydrogens (tertiary/aromatic N) is 2. The first-order valence-corrected chi connectivity index (χ1v) is 9.47. The summed E-state index contributed by atoms with van der Waals surface area (Å²) in [5.74, 6) is 1.20. The van der Waals surface area contributed by atoms with Crippen molar-refractivity contribution in [1.29, 1.82) is 0 Å². The van der Waals surface area contributed by atoms with Gasteiger partial charge in [-0.05, 0) is 19.3 Å². The molecule has 2 aliphatic heterocycles. The molecule has 1 amide bonds. The fourth-order valence-corrected chi connectivity index (χ4v) is 3.38. The molecule has 2 atom stereocenters. The van der Waals surface area contributed by atoms with Crippen molar-refractivity contribution >= 4 is 5.91 Å². The number of aryl methyl sites for hydroxylation is 1. The van der Waals surface area contributed by atoms with E-state index in [0.717, 1.165) is 50.4 Å². The highest BCUT2D eigenvalue weighted by Crippen LogP contribution is 2.24. The van der Waals surface area contributed by atoms with Crippen LogP contribution in [0.1, 0.15) is 58.0 Å². The second-order valence-corrected chi connectivity index (χ2v) is 8.21. The molecule has 0 spiro atoms. The van der Waals surface area contributed by atoms with Gasteiger partial charge in [-0.1, -0.05) is 20.8 Å². The van der Waals surface area contributed by atoms with E-state index in [4.69, 9.17) is 14.5 Å². The highest BCUT2D eigenvalue weighted by molar-refractivity contribution is 5.76. The van der Waals surface area contributed by atoms with Crippen LogP contribution in [0, 0.1) is 0 Å². The van der Waals surface area contributed by atoms with Crippen LogP contribution in [-0.2, 0) is 32.6 Å². The van der Waals surface area contributed by atoms with Gasteiger partial charge in [0.25, 0.3) is 0 Å². The molecule has 0 aromatic carbocycles. The van der Waals surface area contributed by atoms with Gasteiger partial charge in [0.05, 0.1) is 25.0 Å². The molecule has 3 heterocycles. The van der Waals surface area contributed by atoms with Gasteiger partial charge >= 0.3 is 0 Å². The first-order chi connectivity index (χ1) is 11.9. The van der Waals surface area contributed by atoms with Gasteiger partial charge in [0.1, 0.15) is 5.82 Å². The Morgan fingerprint density at radius 3 is 3.00 bits per heavy atom. The summed E-state index contributed by atoms with van der Waals surface area (Å²) >= 11 is 0. The molecule has 25 heavy (non-hydrogen) atoms. The maximum absolute atomic E-state index is 12.1. The number of hydrogen-bond acceptors (Lipinski definition) is 4. The van der Waals surface area contributed by atoms with Gasteiger partial charge in [0.15, 0.2) is 0 Å². The van der Waals surface area contributed by atoms with Crippen molar-refractivity contribution in [3.05, 3.63) is 17.7 Å². The SMILES string of the molecule is CC(C)(C)c1cn2c(n1)CC[C@@H](NC(=O)CCOC[C@H]1CCCO1)C2. The molecule has 3 rings (SSSR count). The van der Waals surface area contributed by atoms with Gasteiger partial charge in [-0.2, -0.15) is 0 Å². The lowest BCUT2D eigenvalue weighted by Crippen LogP contribution is -2.41. The van der Waals surface area contributed by atoms with Crippen LogP contribution in [0.5, 0.6) is 0 Å². The van der Waals surface area contributed by atoms with Crippen LogP contribution in [0.3, 0.4) is 0 Å². The van der Waals surface area contributed by atoms with E-state index >= 15 is 0 Å². The van der Waals surface area contributed by atoms with Crippen LogP contribution in [-0.4, -0.2) is 47.4 Å². The first kappa shape index (κ1) is 18.4. The quantitative estimate of drug-likeness (QED) is 0.800. The summed E-state index contributed by atoms with van der Waals surface area (Å²) in [6.07, 6.45) is 6.81. The molecule has 0 aliphatic carbocycles. The summed E-state index contributed by atoms with van der Waals surface area (Å²) in [5.41, 5.74) is 1.18. The second-order valence-electron chi connectivity index (χ2n) is 8.21. The van der Waals surface area contributed by atoms with E-state index in [1.54, 1.807) is 0 Å². The van der Waals surface area contributed by atoms with E-state index < -0.39 is 0 Å². The lowest BCUT2D eigenvalue weighted by molar-refractivity contribution is -0.123. The van der Waals surface area contributed by atoms with Gasteiger partial charge < -0.3 is 19.4 Å². The zero-order chi connectivity index (χ0) is 17.9. The maximum Gasteiger partial charge on any atom is 0.222 e. The topological polar surface area (TPSA) is 65.4 Å². The summed E-state index contributed by atoms with van der Waals surface area (Å²) in [4.78, 5) is 16.9. The van der Waals surface area contributed by atoms with Crippen LogP contribution in [0.4, 0.5) is 0 Å². The number of ether oxygens (including phenoxy) is 2. The Hall–Kier alpha value is -1.40. The molecule has 140 valence electrons. The normalized spacial score (nSPS) is 23.5. The fourth-order valence-electron chi connectivity index (χ4n) is 3.38. The Balaban J connectivity index is 1.40. The molecule has 1 aromatic rings. The third-order valence-corrected chi connectivity index (χ3v) is 4.93. The van der Waals surface area contributed by atoms with Gasteiger partial charge in [-0.3, -0.25) is 4.79 Å². The largest absolute Gasteiger partial charge is 0.378 e. The van der Waals surface area contributed by atoms with Gasteiger partial charge in [0, 0.05) is 43.6 Å². The fraction of sp³-hybridized carbons (Fsp3) is 0.789.